The summed E-state index contributed by atoms with van der Waals surface area (Å²) < 4.78 is 0. The van der Waals surface area contributed by atoms with Crippen LogP contribution in [0.2, 0.25) is 5.02 Å². The van der Waals surface area contributed by atoms with Crippen molar-refractivity contribution in [2.75, 3.05) is 26.2 Å². The van der Waals surface area contributed by atoms with E-state index < -0.39 is 0 Å². The first-order chi connectivity index (χ1) is 10.5. The Bertz CT molecular complexity index is 571. The Balaban J connectivity index is 1.85. The molecule has 2 N–H and O–H groups in total. The van der Waals surface area contributed by atoms with Crippen LogP contribution in [0.3, 0.4) is 0 Å². The van der Waals surface area contributed by atoms with E-state index in [0.29, 0.717) is 23.9 Å². The lowest BCUT2D eigenvalue weighted by atomic mass is 9.97. The number of likely N-dealkylation sites (tertiary alicyclic amines) is 1. The van der Waals surface area contributed by atoms with E-state index in [1.54, 1.807) is 0 Å². The second-order valence-electron chi connectivity index (χ2n) is 6.44. The molecule has 1 aromatic heterocycles. The second kappa shape index (κ2) is 7.79. The maximum atomic E-state index is 12.1. The minimum Gasteiger partial charge on any atom is -0.352 e. The number of halogens is 1. The van der Waals surface area contributed by atoms with Gasteiger partial charge < -0.3 is 15.2 Å². The molecule has 122 valence electrons. The number of nitrogens with zero attached hydrogens (tertiary/aromatic N) is 1. The van der Waals surface area contributed by atoms with Gasteiger partial charge >= 0.3 is 0 Å². The molecule has 0 radical (unpaired) electrons. The van der Waals surface area contributed by atoms with Crippen molar-refractivity contribution in [2.24, 2.45) is 11.8 Å². The summed E-state index contributed by atoms with van der Waals surface area (Å²) in [4.78, 5) is 28.2. The molecule has 22 heavy (non-hydrogen) atoms. The minimum atomic E-state index is -0.380. The molecule has 0 bridgehead atoms. The molecular weight excluding hydrogens is 302 g/mol. The van der Waals surface area contributed by atoms with E-state index in [4.69, 9.17) is 11.6 Å². The van der Waals surface area contributed by atoms with Gasteiger partial charge in [-0.05, 0) is 37.3 Å². The SMILES string of the molecule is CC(C)CN1CCCC(CNC(=O)c2c[nH]c(=O)c(Cl)c2)C1. The van der Waals surface area contributed by atoms with E-state index in [-0.39, 0.29) is 16.5 Å². The number of piperidine rings is 1. The van der Waals surface area contributed by atoms with Crippen molar-refractivity contribution in [2.45, 2.75) is 26.7 Å². The predicted molar refractivity (Wildman–Crippen MR) is 88.4 cm³/mol. The number of carbonyl (C=O) groups excluding carboxylic acids is 1. The Hall–Kier alpha value is -1.33. The maximum absolute atomic E-state index is 12.1. The molecule has 0 spiro atoms. The van der Waals surface area contributed by atoms with Crippen molar-refractivity contribution in [3.8, 4) is 0 Å². The summed E-state index contributed by atoms with van der Waals surface area (Å²) in [6.45, 7) is 8.41. The highest BCUT2D eigenvalue weighted by molar-refractivity contribution is 6.30. The highest BCUT2D eigenvalue weighted by Crippen LogP contribution is 2.17. The number of H-pyrrole nitrogens is 1. The summed E-state index contributed by atoms with van der Waals surface area (Å²) >= 11 is 5.74. The van der Waals surface area contributed by atoms with Crippen LogP contribution < -0.4 is 10.9 Å². The average Bonchev–Trinajstić information content (AvgIpc) is 2.47. The standard InChI is InChI=1S/C16H24ClN3O2/c1-11(2)9-20-5-3-4-12(10-20)7-18-15(21)13-6-14(17)16(22)19-8-13/h6,8,11-12H,3-5,7,9-10H2,1-2H3,(H,18,21)(H,19,22). The number of carbonyl (C=O) groups is 1. The third-order valence-electron chi connectivity index (χ3n) is 3.90. The highest BCUT2D eigenvalue weighted by atomic mass is 35.5. The van der Waals surface area contributed by atoms with Gasteiger partial charge in [0, 0.05) is 25.8 Å². The molecule has 1 fully saturated rings. The number of rotatable bonds is 5. The summed E-state index contributed by atoms with van der Waals surface area (Å²) in [5.41, 5.74) is 0.00858. The van der Waals surface area contributed by atoms with E-state index in [9.17, 15) is 9.59 Å². The quantitative estimate of drug-likeness (QED) is 0.871. The van der Waals surface area contributed by atoms with Crippen LogP contribution in [0.15, 0.2) is 17.1 Å². The van der Waals surface area contributed by atoms with Crippen LogP contribution in [0.5, 0.6) is 0 Å². The van der Waals surface area contributed by atoms with Gasteiger partial charge in [0.1, 0.15) is 5.02 Å². The number of aromatic amines is 1. The fourth-order valence-electron chi connectivity index (χ4n) is 2.93. The van der Waals surface area contributed by atoms with Crippen LogP contribution in [-0.2, 0) is 0 Å². The van der Waals surface area contributed by atoms with Crippen LogP contribution >= 0.6 is 11.6 Å². The molecule has 1 unspecified atom stereocenters. The molecule has 1 amide bonds. The van der Waals surface area contributed by atoms with Crippen LogP contribution in [0, 0.1) is 11.8 Å². The van der Waals surface area contributed by atoms with Crippen LogP contribution in [0.4, 0.5) is 0 Å². The monoisotopic (exact) mass is 325 g/mol. The van der Waals surface area contributed by atoms with Crippen molar-refractivity contribution in [1.29, 1.82) is 0 Å². The van der Waals surface area contributed by atoms with Crippen molar-refractivity contribution < 1.29 is 4.79 Å². The van der Waals surface area contributed by atoms with Crippen molar-refractivity contribution in [3.05, 3.63) is 33.2 Å². The summed E-state index contributed by atoms with van der Waals surface area (Å²) in [5.74, 6) is 0.949. The number of amides is 1. The number of pyridine rings is 1. The van der Waals surface area contributed by atoms with Gasteiger partial charge in [0.05, 0.1) is 5.56 Å². The Kier molecular flexibility index (Phi) is 6.03. The third kappa shape index (κ3) is 4.85. The van der Waals surface area contributed by atoms with E-state index in [2.05, 4.69) is 29.0 Å². The zero-order valence-electron chi connectivity index (χ0n) is 13.2. The number of nitrogens with one attached hydrogen (secondary N) is 2. The molecule has 6 heteroatoms. The lowest BCUT2D eigenvalue weighted by Crippen LogP contribution is -2.42. The first-order valence-corrected chi connectivity index (χ1v) is 8.22. The Morgan fingerprint density at radius 1 is 1.55 bits per heavy atom. The zero-order chi connectivity index (χ0) is 16.1. The van der Waals surface area contributed by atoms with Gasteiger partial charge in [0.15, 0.2) is 0 Å². The normalized spacial score (nSPS) is 19.4. The maximum Gasteiger partial charge on any atom is 0.266 e. The first kappa shape index (κ1) is 17.0. The molecule has 0 aliphatic carbocycles. The molecule has 1 saturated heterocycles. The van der Waals surface area contributed by atoms with Crippen LogP contribution in [0.25, 0.3) is 0 Å². The van der Waals surface area contributed by atoms with Gasteiger partial charge in [0.2, 0.25) is 0 Å². The van der Waals surface area contributed by atoms with Gasteiger partial charge in [-0.15, -0.1) is 0 Å². The highest BCUT2D eigenvalue weighted by Gasteiger charge is 2.21. The minimum absolute atomic E-state index is 0.0356. The number of hydrogen-bond acceptors (Lipinski definition) is 3. The number of hydrogen-bond donors (Lipinski definition) is 2. The zero-order valence-corrected chi connectivity index (χ0v) is 13.9. The van der Waals surface area contributed by atoms with E-state index in [0.717, 1.165) is 26.1 Å². The smallest absolute Gasteiger partial charge is 0.266 e. The van der Waals surface area contributed by atoms with Gasteiger partial charge in [-0.1, -0.05) is 25.4 Å². The molecule has 1 aromatic rings. The Morgan fingerprint density at radius 2 is 2.32 bits per heavy atom. The van der Waals surface area contributed by atoms with Crippen LogP contribution in [0.1, 0.15) is 37.0 Å². The third-order valence-corrected chi connectivity index (χ3v) is 4.18. The molecule has 1 aliphatic heterocycles. The molecule has 5 nitrogen and oxygen atoms in total. The van der Waals surface area contributed by atoms with Crippen LogP contribution in [-0.4, -0.2) is 42.0 Å². The summed E-state index contributed by atoms with van der Waals surface area (Å²) in [6.07, 6.45) is 3.72. The Morgan fingerprint density at radius 3 is 3.00 bits per heavy atom. The summed E-state index contributed by atoms with van der Waals surface area (Å²) in [7, 11) is 0. The van der Waals surface area contributed by atoms with Crippen molar-refractivity contribution >= 4 is 17.5 Å². The van der Waals surface area contributed by atoms with E-state index in [1.165, 1.54) is 18.7 Å². The molecule has 1 aliphatic rings. The molecule has 1 atom stereocenters. The van der Waals surface area contributed by atoms with Crippen molar-refractivity contribution in [1.82, 2.24) is 15.2 Å². The summed E-state index contributed by atoms with van der Waals surface area (Å²) in [5, 5.41) is 2.98. The number of aromatic nitrogens is 1. The second-order valence-corrected chi connectivity index (χ2v) is 6.84. The average molecular weight is 326 g/mol. The topological polar surface area (TPSA) is 65.2 Å². The van der Waals surface area contributed by atoms with E-state index in [1.807, 2.05) is 0 Å². The molecular formula is C16H24ClN3O2. The van der Waals surface area contributed by atoms with Gasteiger partial charge in [-0.25, -0.2) is 0 Å². The molecule has 0 aromatic carbocycles. The van der Waals surface area contributed by atoms with Gasteiger partial charge in [0.25, 0.3) is 11.5 Å². The fraction of sp³-hybridized carbons (Fsp3) is 0.625. The largest absolute Gasteiger partial charge is 0.352 e. The van der Waals surface area contributed by atoms with Gasteiger partial charge in [-0.3, -0.25) is 9.59 Å². The predicted octanol–water partition coefficient (Wildman–Crippen LogP) is 2.13. The Labute approximate surface area is 136 Å². The van der Waals surface area contributed by atoms with E-state index >= 15 is 0 Å². The molecule has 2 heterocycles. The first-order valence-electron chi connectivity index (χ1n) is 7.84. The molecule has 2 rings (SSSR count). The van der Waals surface area contributed by atoms with Gasteiger partial charge in [-0.2, -0.15) is 0 Å². The lowest BCUT2D eigenvalue weighted by Gasteiger charge is -2.33. The fourth-order valence-corrected chi connectivity index (χ4v) is 3.10. The summed E-state index contributed by atoms with van der Waals surface area (Å²) in [6, 6.07) is 1.40. The lowest BCUT2D eigenvalue weighted by molar-refractivity contribution is 0.0928. The molecule has 0 saturated carbocycles. The van der Waals surface area contributed by atoms with Crippen molar-refractivity contribution in [3.63, 3.8) is 0 Å².